The molecular weight excluding hydrogens is 835 g/mol. The van der Waals surface area contributed by atoms with Crippen LogP contribution in [0.3, 0.4) is 0 Å². The molecule has 0 fully saturated rings. The molecule has 2 aromatic heterocycles. The maximum Gasteiger partial charge on any atom is 0.113 e. The van der Waals surface area contributed by atoms with Crippen molar-refractivity contribution in [3.8, 4) is 50.2 Å². The molecule has 0 aliphatic carbocycles. The molecule has 8 heteroatoms. The van der Waals surface area contributed by atoms with Gasteiger partial charge in [0.25, 0.3) is 0 Å². The van der Waals surface area contributed by atoms with Gasteiger partial charge in [0, 0.05) is 54.6 Å². The van der Waals surface area contributed by atoms with Crippen molar-refractivity contribution >= 4 is 137 Å². The van der Waals surface area contributed by atoms with E-state index in [1.165, 1.54) is 53.1 Å². The summed E-state index contributed by atoms with van der Waals surface area (Å²) in [5, 5.41) is 4.93. The summed E-state index contributed by atoms with van der Waals surface area (Å²) < 4.78 is 4.97. The van der Waals surface area contributed by atoms with Gasteiger partial charge in [-0.3, -0.25) is 0 Å². The number of hydrogen-bond acceptors (Lipinski definition) is 2. The molecule has 12 aromatic rings. The molecule has 0 aliphatic heterocycles. The van der Waals surface area contributed by atoms with Gasteiger partial charge in [-0.1, -0.05) is 163 Å². The monoisotopic (exact) mass is 870 g/mol. The molecular formula is C60H35B5N2S. The Kier molecular flexibility index (Phi) is 10.4. The first-order valence-electron chi connectivity index (χ1n) is 22.5. The zero-order valence-electron chi connectivity index (χ0n) is 36.9. The van der Waals surface area contributed by atoms with Crippen molar-refractivity contribution in [3.63, 3.8) is 0 Å². The van der Waals surface area contributed by atoms with Crippen molar-refractivity contribution in [2.45, 2.75) is 0 Å². The molecule has 68 heavy (non-hydrogen) atoms. The van der Waals surface area contributed by atoms with Gasteiger partial charge in [0.2, 0.25) is 0 Å². The normalized spacial score (nSPS) is 11.5. The minimum Gasteiger partial charge on any atom is -0.311 e. The summed E-state index contributed by atoms with van der Waals surface area (Å²) in [5.41, 5.74) is 16.0. The Balaban J connectivity index is 1.08. The lowest BCUT2D eigenvalue weighted by molar-refractivity contribution is 1.19. The highest BCUT2D eigenvalue weighted by atomic mass is 32.1. The van der Waals surface area contributed by atoms with Crippen LogP contribution in [0.5, 0.6) is 0 Å². The maximum atomic E-state index is 6.53. The van der Waals surface area contributed by atoms with E-state index in [0.717, 1.165) is 50.6 Å². The summed E-state index contributed by atoms with van der Waals surface area (Å²) >= 11 is 1.87. The Hall–Kier alpha value is -7.66. The van der Waals surface area contributed by atoms with E-state index in [1.54, 1.807) is 0 Å². The van der Waals surface area contributed by atoms with Crippen molar-refractivity contribution < 1.29 is 0 Å². The highest BCUT2D eigenvalue weighted by Crippen LogP contribution is 2.53. The predicted octanol–water partition coefficient (Wildman–Crippen LogP) is 11.3. The molecule has 2 heterocycles. The lowest BCUT2D eigenvalue weighted by Gasteiger charge is -2.27. The number of aromatic nitrogens is 1. The molecule has 0 spiro atoms. The first-order valence-corrected chi connectivity index (χ1v) is 23.4. The van der Waals surface area contributed by atoms with E-state index < -0.39 is 0 Å². The number of anilines is 3. The van der Waals surface area contributed by atoms with Crippen LogP contribution in [-0.4, -0.2) is 43.8 Å². The molecule has 12 rings (SSSR count). The molecule has 0 unspecified atom stereocenters. The largest absolute Gasteiger partial charge is 0.311 e. The van der Waals surface area contributed by atoms with E-state index in [9.17, 15) is 0 Å². The fourth-order valence-electron chi connectivity index (χ4n) is 10.0. The van der Waals surface area contributed by atoms with E-state index in [1.807, 2.05) is 29.5 Å². The van der Waals surface area contributed by atoms with Crippen LogP contribution in [-0.2, 0) is 0 Å². The minimum atomic E-state index is 0.191. The summed E-state index contributed by atoms with van der Waals surface area (Å²) in [5.74, 6) is 0. The summed E-state index contributed by atoms with van der Waals surface area (Å²) in [6.07, 6.45) is 0. The highest BCUT2D eigenvalue weighted by molar-refractivity contribution is 7.26. The first-order chi connectivity index (χ1) is 33.4. The zero-order chi connectivity index (χ0) is 46.0. The number of thiophene rings is 1. The third kappa shape index (κ3) is 6.77. The lowest BCUT2D eigenvalue weighted by atomic mass is 9.60. The second-order valence-corrected chi connectivity index (χ2v) is 18.2. The van der Waals surface area contributed by atoms with Gasteiger partial charge in [0.05, 0.1) is 15.7 Å². The van der Waals surface area contributed by atoms with Gasteiger partial charge in [-0.25, -0.2) is 0 Å². The molecule has 2 nitrogen and oxygen atoms in total. The molecule has 10 radical (unpaired) electrons. The number of benzene rings is 10. The van der Waals surface area contributed by atoms with Crippen LogP contribution in [0, 0.1) is 0 Å². The molecule has 0 amide bonds. The van der Waals surface area contributed by atoms with E-state index in [2.05, 4.69) is 204 Å². The Morgan fingerprint density at radius 2 is 0.750 bits per heavy atom. The van der Waals surface area contributed by atoms with Crippen molar-refractivity contribution in [1.29, 1.82) is 0 Å². The van der Waals surface area contributed by atoms with Crippen molar-refractivity contribution in [1.82, 2.24) is 4.57 Å². The quantitative estimate of drug-likeness (QED) is 0.138. The van der Waals surface area contributed by atoms with E-state index in [4.69, 9.17) is 39.2 Å². The Bertz CT molecular complexity index is 3840. The second-order valence-electron chi connectivity index (χ2n) is 17.1. The minimum absolute atomic E-state index is 0.191. The van der Waals surface area contributed by atoms with Gasteiger partial charge in [-0.2, -0.15) is 0 Å². The van der Waals surface area contributed by atoms with Crippen LogP contribution in [0.15, 0.2) is 212 Å². The standard InChI is InChI=1S/C60H35B5N2S/c61-54-51(55(62)57(64)58(65)56(54)63)40-28-34-44(35-29-40)66(42-30-24-37(25-31-42)36-14-4-1-5-15-36)43-32-26-39(27-33-43)50-49(38-16-6-2-7-17-38)52-45-20-10-12-22-47(45)67(41-18-8-3-9-19-41)59(52)60-53(50)46-21-11-13-23-48(46)68-60/h1-35H. The smallest absolute Gasteiger partial charge is 0.113 e. The average Bonchev–Trinajstić information content (AvgIpc) is 3.96. The predicted molar refractivity (Wildman–Crippen MR) is 297 cm³/mol. The Morgan fingerprint density at radius 3 is 1.34 bits per heavy atom. The third-order valence-corrected chi connectivity index (χ3v) is 14.4. The molecule has 306 valence electrons. The lowest BCUT2D eigenvalue weighted by Crippen LogP contribution is -2.55. The van der Waals surface area contributed by atoms with E-state index in [-0.39, 0.29) is 16.4 Å². The van der Waals surface area contributed by atoms with Gasteiger partial charge in [-0.05, 0) is 99.6 Å². The van der Waals surface area contributed by atoms with Crippen LogP contribution in [0.2, 0.25) is 0 Å². The fourth-order valence-corrected chi connectivity index (χ4v) is 11.3. The molecule has 0 aliphatic rings. The highest BCUT2D eigenvalue weighted by Gasteiger charge is 2.27. The third-order valence-electron chi connectivity index (χ3n) is 13.3. The van der Waals surface area contributed by atoms with Crippen LogP contribution < -0.4 is 32.2 Å². The summed E-state index contributed by atoms with van der Waals surface area (Å²) in [6, 6.07) is 75.6. The molecule has 0 bridgehead atoms. The maximum absolute atomic E-state index is 6.53. The van der Waals surface area contributed by atoms with Crippen LogP contribution in [0.25, 0.3) is 92.2 Å². The SMILES string of the molecule is [B]c1c([B])c([B])c(-c2ccc(N(c3ccc(-c4ccccc4)cc3)c3ccc(-c4c(-c5ccccc5)c5c6ccccc6n(-c6ccccc6)c5c5sc6ccccc6c45)cc3)cc2)c([B])c1[B]. The van der Waals surface area contributed by atoms with E-state index >= 15 is 0 Å². The van der Waals surface area contributed by atoms with E-state index in [0.29, 0.717) is 16.5 Å². The Labute approximate surface area is 406 Å². The van der Waals surface area contributed by atoms with Gasteiger partial charge in [-0.15, -0.1) is 27.7 Å². The number of hydrogen-bond donors (Lipinski definition) is 0. The van der Waals surface area contributed by atoms with Crippen LogP contribution in [0.1, 0.15) is 0 Å². The van der Waals surface area contributed by atoms with Gasteiger partial charge < -0.3 is 9.47 Å². The number of rotatable bonds is 8. The topological polar surface area (TPSA) is 8.17 Å². The first kappa shape index (κ1) is 41.8. The van der Waals surface area contributed by atoms with Crippen LogP contribution >= 0.6 is 11.3 Å². The molecule has 10 aromatic carbocycles. The summed E-state index contributed by atoms with van der Waals surface area (Å²) in [7, 11) is 31.8. The van der Waals surface area contributed by atoms with Gasteiger partial charge in [0.1, 0.15) is 39.2 Å². The Morgan fingerprint density at radius 1 is 0.338 bits per heavy atom. The molecule has 0 saturated heterocycles. The number of para-hydroxylation sites is 2. The van der Waals surface area contributed by atoms with Crippen molar-refractivity contribution in [2.24, 2.45) is 0 Å². The van der Waals surface area contributed by atoms with Gasteiger partial charge in [0.15, 0.2) is 0 Å². The zero-order valence-corrected chi connectivity index (χ0v) is 37.7. The number of fused-ring (bicyclic) bond motifs is 7. The summed E-state index contributed by atoms with van der Waals surface area (Å²) in [4.78, 5) is 2.27. The fraction of sp³-hybridized carbons (Fsp3) is 0. The van der Waals surface area contributed by atoms with Crippen molar-refractivity contribution in [3.05, 3.63) is 212 Å². The molecule has 0 N–H and O–H groups in total. The number of nitrogens with zero attached hydrogens (tertiary/aromatic N) is 2. The average molecular weight is 870 g/mol. The second kappa shape index (κ2) is 16.9. The molecule has 0 atom stereocenters. The summed E-state index contributed by atoms with van der Waals surface area (Å²) in [6.45, 7) is 0. The van der Waals surface area contributed by atoms with Gasteiger partial charge >= 0.3 is 0 Å². The van der Waals surface area contributed by atoms with Crippen LogP contribution in [0.4, 0.5) is 17.1 Å². The molecule has 0 saturated carbocycles. The van der Waals surface area contributed by atoms with Crippen molar-refractivity contribution in [2.75, 3.05) is 4.90 Å².